The molecule has 3 unspecified atom stereocenters. The number of amides is 2. The third kappa shape index (κ3) is 5.17. The second-order valence-corrected chi connectivity index (χ2v) is 9.13. The Morgan fingerprint density at radius 1 is 1.09 bits per heavy atom. The van der Waals surface area contributed by atoms with Crippen molar-refractivity contribution in [2.45, 2.75) is 44.2 Å². The van der Waals surface area contributed by atoms with Gasteiger partial charge in [-0.05, 0) is 28.7 Å². The Morgan fingerprint density at radius 2 is 1.71 bits per heavy atom. The van der Waals surface area contributed by atoms with Crippen molar-refractivity contribution >= 4 is 18.0 Å². The Morgan fingerprint density at radius 3 is 2.29 bits per heavy atom. The van der Waals surface area contributed by atoms with Gasteiger partial charge in [-0.25, -0.2) is 9.59 Å². The number of rotatable bonds is 9. The summed E-state index contributed by atoms with van der Waals surface area (Å²) >= 11 is 0. The molecule has 8 heteroatoms. The number of aliphatic carboxylic acids is 1. The third-order valence-electron chi connectivity index (χ3n) is 6.99. The van der Waals surface area contributed by atoms with Crippen LogP contribution in [0.15, 0.2) is 48.5 Å². The zero-order chi connectivity index (χ0) is 24.9. The van der Waals surface area contributed by atoms with Crippen LogP contribution >= 0.6 is 0 Å². The molecular formula is C27H32N2O6. The molecule has 2 aromatic rings. The second kappa shape index (κ2) is 10.9. The van der Waals surface area contributed by atoms with Gasteiger partial charge in [0.25, 0.3) is 0 Å². The smallest absolute Gasteiger partial charge is 0.407 e. The zero-order valence-electron chi connectivity index (χ0n) is 20.1. The topological polar surface area (TPSA) is 105 Å². The lowest BCUT2D eigenvalue weighted by molar-refractivity contribution is -0.150. The summed E-state index contributed by atoms with van der Waals surface area (Å²) in [7, 11) is 1.51. The summed E-state index contributed by atoms with van der Waals surface area (Å²) in [5, 5.41) is 12.3. The van der Waals surface area contributed by atoms with E-state index in [1.807, 2.05) is 31.2 Å². The van der Waals surface area contributed by atoms with Gasteiger partial charge in [0, 0.05) is 32.5 Å². The minimum atomic E-state index is -1.04. The van der Waals surface area contributed by atoms with Crippen LogP contribution in [0.25, 0.3) is 11.1 Å². The predicted molar refractivity (Wildman–Crippen MR) is 130 cm³/mol. The Balaban J connectivity index is 1.36. The molecule has 2 aromatic carbocycles. The molecule has 3 atom stereocenters. The van der Waals surface area contributed by atoms with Gasteiger partial charge in [0.1, 0.15) is 12.6 Å². The summed E-state index contributed by atoms with van der Waals surface area (Å²) in [6.45, 7) is 2.46. The maximum absolute atomic E-state index is 13.2. The first-order chi connectivity index (χ1) is 16.9. The number of carboxylic acids is 1. The van der Waals surface area contributed by atoms with Crippen LogP contribution in [-0.2, 0) is 19.1 Å². The summed E-state index contributed by atoms with van der Waals surface area (Å²) in [4.78, 5) is 38.8. The first-order valence-corrected chi connectivity index (χ1v) is 12.1. The van der Waals surface area contributed by atoms with Crippen molar-refractivity contribution in [3.05, 3.63) is 59.7 Å². The van der Waals surface area contributed by atoms with Crippen LogP contribution in [-0.4, -0.2) is 66.9 Å². The maximum atomic E-state index is 13.2. The highest BCUT2D eigenvalue weighted by Crippen LogP contribution is 2.44. The number of nitrogens with one attached hydrogen (secondary N) is 1. The molecule has 1 fully saturated rings. The molecule has 0 spiro atoms. The number of hydrogen-bond acceptors (Lipinski definition) is 5. The largest absolute Gasteiger partial charge is 0.480 e. The first kappa shape index (κ1) is 24.7. The van der Waals surface area contributed by atoms with Gasteiger partial charge in [-0.15, -0.1) is 0 Å². The molecule has 4 rings (SSSR count). The van der Waals surface area contributed by atoms with Crippen LogP contribution in [0.2, 0.25) is 0 Å². The van der Waals surface area contributed by atoms with E-state index >= 15 is 0 Å². The van der Waals surface area contributed by atoms with Crippen LogP contribution in [0, 0.1) is 5.92 Å². The van der Waals surface area contributed by atoms with Gasteiger partial charge in [0.05, 0.1) is 12.0 Å². The fourth-order valence-electron chi connectivity index (χ4n) is 5.20. The number of alkyl carbamates (subject to hydrolysis) is 1. The van der Waals surface area contributed by atoms with E-state index in [0.717, 1.165) is 28.7 Å². The van der Waals surface area contributed by atoms with E-state index < -0.39 is 24.0 Å². The number of benzene rings is 2. The fourth-order valence-corrected chi connectivity index (χ4v) is 5.20. The van der Waals surface area contributed by atoms with Crippen molar-refractivity contribution < 1.29 is 29.0 Å². The van der Waals surface area contributed by atoms with Crippen LogP contribution in [0.1, 0.15) is 43.2 Å². The van der Waals surface area contributed by atoms with Gasteiger partial charge in [-0.2, -0.15) is 0 Å². The molecule has 2 aliphatic rings. The molecule has 1 aliphatic heterocycles. The molecule has 186 valence electrons. The van der Waals surface area contributed by atoms with E-state index in [9.17, 15) is 19.5 Å². The second-order valence-electron chi connectivity index (χ2n) is 9.13. The molecule has 1 heterocycles. The molecule has 0 aromatic heterocycles. The third-order valence-corrected chi connectivity index (χ3v) is 6.99. The van der Waals surface area contributed by atoms with Gasteiger partial charge in [-0.3, -0.25) is 4.79 Å². The molecule has 0 bridgehead atoms. The van der Waals surface area contributed by atoms with E-state index in [0.29, 0.717) is 6.42 Å². The Hall–Kier alpha value is -3.39. The van der Waals surface area contributed by atoms with Crippen molar-refractivity contribution in [2.75, 3.05) is 26.8 Å². The van der Waals surface area contributed by atoms with Crippen LogP contribution in [0.5, 0.6) is 0 Å². The van der Waals surface area contributed by atoms with Crippen LogP contribution < -0.4 is 5.32 Å². The average molecular weight is 481 g/mol. The number of fused-ring (bicyclic) bond motifs is 3. The monoisotopic (exact) mass is 480 g/mol. The van der Waals surface area contributed by atoms with Crippen molar-refractivity contribution in [1.82, 2.24) is 10.2 Å². The first-order valence-electron chi connectivity index (χ1n) is 12.1. The number of methoxy groups -OCH3 is 1. The molecule has 2 N–H and O–H groups in total. The normalized spacial score (nSPS) is 19.7. The van der Waals surface area contributed by atoms with Gasteiger partial charge in [0.2, 0.25) is 5.91 Å². The molecule has 8 nitrogen and oxygen atoms in total. The van der Waals surface area contributed by atoms with E-state index in [4.69, 9.17) is 9.47 Å². The molecule has 1 saturated heterocycles. The summed E-state index contributed by atoms with van der Waals surface area (Å²) in [5.41, 5.74) is 4.56. The van der Waals surface area contributed by atoms with Gasteiger partial charge in [-0.1, -0.05) is 61.9 Å². The lowest BCUT2D eigenvalue weighted by Gasteiger charge is -2.26. The molecule has 1 aliphatic carbocycles. The minimum Gasteiger partial charge on any atom is -0.480 e. The summed E-state index contributed by atoms with van der Waals surface area (Å²) in [6.07, 6.45) is 0.616. The number of ether oxygens (including phenoxy) is 2. The molecular weight excluding hydrogens is 448 g/mol. The number of nitrogens with zero attached hydrogens (tertiary/aromatic N) is 1. The van der Waals surface area contributed by atoms with Crippen molar-refractivity contribution in [3.8, 4) is 11.1 Å². The molecule has 0 radical (unpaired) electrons. The lowest BCUT2D eigenvalue weighted by Crippen LogP contribution is -2.46. The SMILES string of the molecule is CCCC(CNC(=O)OCC1c2ccccc2-c2ccccc21)C(=O)N1CC(OC)CC1C(=O)O. The number of carbonyl (C=O) groups excluding carboxylic acids is 2. The number of carbonyl (C=O) groups is 3. The van der Waals surface area contributed by atoms with Gasteiger partial charge in [0.15, 0.2) is 0 Å². The number of likely N-dealkylation sites (tertiary alicyclic amines) is 1. The van der Waals surface area contributed by atoms with Crippen molar-refractivity contribution in [2.24, 2.45) is 5.92 Å². The highest BCUT2D eigenvalue weighted by molar-refractivity contribution is 5.86. The van der Waals surface area contributed by atoms with E-state index in [1.54, 1.807) is 0 Å². The van der Waals surface area contributed by atoms with Gasteiger partial charge >= 0.3 is 12.1 Å². The Kier molecular flexibility index (Phi) is 7.70. The molecule has 0 saturated carbocycles. The summed E-state index contributed by atoms with van der Waals surface area (Å²) in [6, 6.07) is 15.3. The predicted octanol–water partition coefficient (Wildman–Crippen LogP) is 3.64. The highest BCUT2D eigenvalue weighted by Gasteiger charge is 2.41. The maximum Gasteiger partial charge on any atom is 0.407 e. The standard InChI is InChI=1S/C27H32N2O6/c1-3-8-17(25(30)29-15-18(34-2)13-24(29)26(31)32)14-28-27(33)35-16-23-21-11-6-4-9-19(21)20-10-5-7-12-22(20)23/h4-7,9-12,17-18,23-24H,3,8,13-16H2,1-2H3,(H,28,33)(H,31,32). The Labute approximate surface area is 205 Å². The molecule has 35 heavy (non-hydrogen) atoms. The zero-order valence-corrected chi connectivity index (χ0v) is 20.1. The lowest BCUT2D eigenvalue weighted by atomic mass is 9.98. The summed E-state index contributed by atoms with van der Waals surface area (Å²) < 4.78 is 10.9. The minimum absolute atomic E-state index is 0.0480. The van der Waals surface area contributed by atoms with E-state index in [2.05, 4.69) is 29.6 Å². The van der Waals surface area contributed by atoms with Crippen LogP contribution in [0.3, 0.4) is 0 Å². The average Bonchev–Trinajstić information content (AvgIpc) is 3.45. The number of hydrogen-bond donors (Lipinski definition) is 2. The van der Waals surface area contributed by atoms with E-state index in [1.165, 1.54) is 12.0 Å². The van der Waals surface area contributed by atoms with Crippen molar-refractivity contribution in [3.63, 3.8) is 0 Å². The number of carboxylic acid groups (broad SMARTS) is 1. The molecule has 2 amide bonds. The fraction of sp³-hybridized carbons (Fsp3) is 0.444. The summed E-state index contributed by atoms with van der Waals surface area (Å²) in [5.74, 6) is -1.90. The highest BCUT2D eigenvalue weighted by atomic mass is 16.5. The van der Waals surface area contributed by atoms with Gasteiger partial charge < -0.3 is 24.8 Å². The van der Waals surface area contributed by atoms with E-state index in [-0.39, 0.29) is 44.0 Å². The quantitative estimate of drug-likeness (QED) is 0.568. The Bertz CT molecular complexity index is 1040. The van der Waals surface area contributed by atoms with Crippen molar-refractivity contribution in [1.29, 1.82) is 0 Å². The van der Waals surface area contributed by atoms with Crippen LogP contribution in [0.4, 0.5) is 4.79 Å².